The Bertz CT molecular complexity index is 760. The van der Waals surface area contributed by atoms with E-state index in [1.54, 1.807) is 0 Å². The van der Waals surface area contributed by atoms with Crippen LogP contribution < -0.4 is 15.0 Å². The van der Waals surface area contributed by atoms with E-state index < -0.39 is 17.8 Å². The minimum Gasteiger partial charge on any atom is -0.465 e. The molecule has 0 atom stereocenters. The van der Waals surface area contributed by atoms with E-state index in [1.807, 2.05) is 0 Å². The predicted molar refractivity (Wildman–Crippen MR) is 81.5 cm³/mol. The number of piperidine rings is 1. The lowest BCUT2D eigenvalue weighted by Gasteiger charge is -2.35. The lowest BCUT2D eigenvalue weighted by molar-refractivity contribution is -0.118. The van der Waals surface area contributed by atoms with Gasteiger partial charge in [0.15, 0.2) is 18.2 Å². The SMILES string of the molecule is O=C1COc2ncc(N3CC4(CCN(C(=O)O)CC4)OC3=O)nc2N1. The van der Waals surface area contributed by atoms with Gasteiger partial charge in [0.1, 0.15) is 5.60 Å². The Labute approximate surface area is 141 Å². The molecule has 2 saturated heterocycles. The van der Waals surface area contributed by atoms with Crippen molar-refractivity contribution in [3.05, 3.63) is 6.20 Å². The van der Waals surface area contributed by atoms with Crippen molar-refractivity contribution in [2.45, 2.75) is 18.4 Å². The van der Waals surface area contributed by atoms with Crippen molar-refractivity contribution in [1.82, 2.24) is 14.9 Å². The van der Waals surface area contributed by atoms with Crippen molar-refractivity contribution >= 4 is 29.7 Å². The van der Waals surface area contributed by atoms with Gasteiger partial charge in [0, 0.05) is 25.9 Å². The molecule has 11 heteroatoms. The zero-order valence-electron chi connectivity index (χ0n) is 13.1. The molecule has 0 radical (unpaired) electrons. The monoisotopic (exact) mass is 349 g/mol. The van der Waals surface area contributed by atoms with Crippen LogP contribution in [0.25, 0.3) is 0 Å². The Morgan fingerprint density at radius 2 is 2.08 bits per heavy atom. The van der Waals surface area contributed by atoms with Gasteiger partial charge in [-0.2, -0.15) is 0 Å². The van der Waals surface area contributed by atoms with Gasteiger partial charge in [0.25, 0.3) is 11.8 Å². The first kappa shape index (κ1) is 15.4. The lowest BCUT2D eigenvalue weighted by atomic mass is 9.91. The summed E-state index contributed by atoms with van der Waals surface area (Å²) in [5.41, 5.74) is -0.736. The zero-order valence-corrected chi connectivity index (χ0v) is 13.1. The third-order valence-corrected chi connectivity index (χ3v) is 4.52. The van der Waals surface area contributed by atoms with E-state index in [1.165, 1.54) is 16.0 Å². The molecule has 132 valence electrons. The first-order valence-electron chi connectivity index (χ1n) is 7.74. The summed E-state index contributed by atoms with van der Waals surface area (Å²) in [5, 5.41) is 11.6. The molecular weight excluding hydrogens is 334 g/mol. The van der Waals surface area contributed by atoms with Gasteiger partial charge in [-0.05, 0) is 0 Å². The van der Waals surface area contributed by atoms with E-state index >= 15 is 0 Å². The van der Waals surface area contributed by atoms with Crippen molar-refractivity contribution in [3.8, 4) is 5.88 Å². The standard InChI is InChI=1S/C14H15N5O6/c20-9-6-24-11-10(17-9)16-8(5-15-11)19-7-14(25-13(19)23)1-3-18(4-2-14)12(21)22/h5H,1-4,6-7H2,(H,21,22)(H,16,17,20). The quantitative estimate of drug-likeness (QED) is 0.738. The van der Waals surface area contributed by atoms with Gasteiger partial charge in [-0.25, -0.2) is 19.6 Å². The third-order valence-electron chi connectivity index (χ3n) is 4.52. The summed E-state index contributed by atoms with van der Waals surface area (Å²) in [7, 11) is 0. The Morgan fingerprint density at radius 1 is 1.32 bits per heavy atom. The number of hydrogen-bond donors (Lipinski definition) is 2. The van der Waals surface area contributed by atoms with E-state index in [0.29, 0.717) is 25.9 Å². The summed E-state index contributed by atoms with van der Waals surface area (Å²) in [4.78, 5) is 45.6. The largest absolute Gasteiger partial charge is 0.465 e. The minimum atomic E-state index is -0.979. The van der Waals surface area contributed by atoms with Crippen molar-refractivity contribution in [1.29, 1.82) is 0 Å². The van der Waals surface area contributed by atoms with Crippen LogP contribution in [0.1, 0.15) is 12.8 Å². The maximum atomic E-state index is 12.3. The van der Waals surface area contributed by atoms with Gasteiger partial charge >= 0.3 is 12.2 Å². The molecule has 3 aliphatic rings. The maximum Gasteiger partial charge on any atom is 0.416 e. The van der Waals surface area contributed by atoms with Crippen molar-refractivity contribution in [2.24, 2.45) is 0 Å². The number of amides is 3. The van der Waals surface area contributed by atoms with Crippen molar-refractivity contribution in [2.75, 3.05) is 36.5 Å². The van der Waals surface area contributed by atoms with Gasteiger partial charge in [0.05, 0.1) is 12.7 Å². The number of rotatable bonds is 1. The molecule has 4 heterocycles. The van der Waals surface area contributed by atoms with Crippen LogP contribution in [-0.4, -0.2) is 69.9 Å². The highest BCUT2D eigenvalue weighted by molar-refractivity contribution is 5.94. The molecule has 1 spiro atoms. The molecule has 3 amide bonds. The molecule has 0 unspecified atom stereocenters. The number of nitrogens with one attached hydrogen (secondary N) is 1. The first-order valence-corrected chi connectivity index (χ1v) is 7.74. The van der Waals surface area contributed by atoms with E-state index in [9.17, 15) is 14.4 Å². The second-order valence-corrected chi connectivity index (χ2v) is 6.13. The fourth-order valence-electron chi connectivity index (χ4n) is 3.15. The smallest absolute Gasteiger partial charge is 0.416 e. The van der Waals surface area contributed by atoms with Gasteiger partial charge in [-0.1, -0.05) is 0 Å². The molecule has 0 aromatic carbocycles. The predicted octanol–water partition coefficient (Wildman–Crippen LogP) is 0.277. The summed E-state index contributed by atoms with van der Waals surface area (Å²) in [6.07, 6.45) is 0.663. The van der Waals surface area contributed by atoms with Crippen LogP contribution in [-0.2, 0) is 9.53 Å². The highest BCUT2D eigenvalue weighted by Gasteiger charge is 2.48. The number of carbonyl (C=O) groups excluding carboxylic acids is 2. The number of nitrogens with zero attached hydrogens (tertiary/aromatic N) is 4. The normalized spacial score (nSPS) is 21.4. The summed E-state index contributed by atoms with van der Waals surface area (Å²) in [6, 6.07) is 0. The van der Waals surface area contributed by atoms with Gasteiger partial charge in [-0.3, -0.25) is 9.69 Å². The number of anilines is 2. The Morgan fingerprint density at radius 3 is 2.80 bits per heavy atom. The van der Waals surface area contributed by atoms with Crippen LogP contribution in [0.2, 0.25) is 0 Å². The Kier molecular flexibility index (Phi) is 3.37. The number of aromatic nitrogens is 2. The van der Waals surface area contributed by atoms with E-state index in [0.717, 1.165) is 0 Å². The first-order chi connectivity index (χ1) is 12.0. The molecule has 11 nitrogen and oxygen atoms in total. The number of ether oxygens (including phenoxy) is 2. The van der Waals surface area contributed by atoms with Crippen molar-refractivity contribution in [3.63, 3.8) is 0 Å². The zero-order chi connectivity index (χ0) is 17.6. The van der Waals surface area contributed by atoms with Gasteiger partial charge in [0.2, 0.25) is 0 Å². The second-order valence-electron chi connectivity index (χ2n) is 6.13. The van der Waals surface area contributed by atoms with Gasteiger partial charge in [-0.15, -0.1) is 0 Å². The fraction of sp³-hybridized carbons (Fsp3) is 0.500. The summed E-state index contributed by atoms with van der Waals surface area (Å²) in [6.45, 7) is 0.726. The molecule has 4 rings (SSSR count). The van der Waals surface area contributed by atoms with Crippen LogP contribution in [0.4, 0.5) is 21.2 Å². The molecule has 25 heavy (non-hydrogen) atoms. The molecule has 0 aliphatic carbocycles. The number of carbonyl (C=O) groups is 3. The second kappa shape index (κ2) is 5.46. The van der Waals surface area contributed by atoms with Crippen LogP contribution in [0.5, 0.6) is 5.88 Å². The average molecular weight is 349 g/mol. The summed E-state index contributed by atoms with van der Waals surface area (Å²) >= 11 is 0. The molecule has 1 aromatic rings. The molecular formula is C14H15N5O6. The number of fused-ring (bicyclic) bond motifs is 1. The topological polar surface area (TPSA) is 134 Å². The van der Waals surface area contributed by atoms with Crippen LogP contribution in [0, 0.1) is 0 Å². The lowest BCUT2D eigenvalue weighted by Crippen LogP contribution is -2.48. The number of likely N-dealkylation sites (tertiary alicyclic amines) is 1. The third kappa shape index (κ3) is 2.66. The van der Waals surface area contributed by atoms with Gasteiger partial charge < -0.3 is 24.8 Å². The van der Waals surface area contributed by atoms with E-state index in [4.69, 9.17) is 14.6 Å². The number of hydrogen-bond acceptors (Lipinski definition) is 7. The highest BCUT2D eigenvalue weighted by atomic mass is 16.6. The molecule has 3 aliphatic heterocycles. The minimum absolute atomic E-state index is 0.129. The van der Waals surface area contributed by atoms with Crippen LogP contribution in [0.3, 0.4) is 0 Å². The molecule has 0 bridgehead atoms. The molecule has 1 aromatic heterocycles. The molecule has 2 fully saturated rings. The van der Waals surface area contributed by atoms with E-state index in [-0.39, 0.29) is 36.6 Å². The fourth-order valence-corrected chi connectivity index (χ4v) is 3.15. The number of carboxylic acid groups (broad SMARTS) is 1. The Hall–Kier alpha value is -3.11. The van der Waals surface area contributed by atoms with Crippen molar-refractivity contribution < 1.29 is 29.0 Å². The maximum absolute atomic E-state index is 12.3. The van der Waals surface area contributed by atoms with Crippen LogP contribution in [0.15, 0.2) is 6.20 Å². The van der Waals surface area contributed by atoms with E-state index in [2.05, 4.69) is 15.3 Å². The average Bonchev–Trinajstić information content (AvgIpc) is 2.90. The van der Waals surface area contributed by atoms with Crippen LogP contribution >= 0.6 is 0 Å². The summed E-state index contributed by atoms with van der Waals surface area (Å²) in [5.74, 6) is 0.246. The Balaban J connectivity index is 1.53. The highest BCUT2D eigenvalue weighted by Crippen LogP contribution is 2.36. The molecule has 0 saturated carbocycles. The summed E-state index contributed by atoms with van der Waals surface area (Å²) < 4.78 is 10.7. The molecule has 2 N–H and O–H groups in total.